The molecular weight excluding hydrogens is 231 g/mol. The molecule has 6 atom stereocenters. The van der Waals surface area contributed by atoms with E-state index in [0.29, 0.717) is 30.6 Å². The van der Waals surface area contributed by atoms with Gasteiger partial charge in [-0.2, -0.15) is 0 Å². The number of hydrogen-bond donors (Lipinski definition) is 1. The van der Waals surface area contributed by atoms with Gasteiger partial charge in [-0.3, -0.25) is 0 Å². The minimum atomic E-state index is -1.20. The van der Waals surface area contributed by atoms with E-state index < -0.39 is 12.0 Å². The first kappa shape index (κ1) is 14.0. The van der Waals surface area contributed by atoms with Crippen LogP contribution in [0.3, 0.4) is 0 Å². The van der Waals surface area contributed by atoms with E-state index in [0.717, 1.165) is 19.3 Å². The van der Waals surface area contributed by atoms with Gasteiger partial charge < -0.3 is 9.84 Å². The van der Waals surface area contributed by atoms with Crippen LogP contribution < -0.4 is 0 Å². The van der Waals surface area contributed by atoms with Crippen LogP contribution in [0.5, 0.6) is 0 Å². The van der Waals surface area contributed by atoms with Crippen molar-refractivity contribution in [3.8, 4) is 0 Å². The second-order valence-corrected chi connectivity index (χ2v) is 6.06. The molecule has 2 rings (SSSR count). The molecule has 0 aromatic carbocycles. The zero-order valence-corrected chi connectivity index (χ0v) is 11.4. The summed E-state index contributed by atoms with van der Waals surface area (Å²) in [4.78, 5) is 0. The number of allylic oxidation sites excluding steroid dienone is 1. The van der Waals surface area contributed by atoms with Gasteiger partial charge in [-0.25, -0.2) is 4.39 Å². The molecule has 0 aromatic heterocycles. The van der Waals surface area contributed by atoms with Gasteiger partial charge in [-0.15, -0.1) is 0 Å². The van der Waals surface area contributed by atoms with E-state index in [1.165, 1.54) is 6.08 Å². The number of ether oxygens (including phenoxy) is 1. The highest BCUT2D eigenvalue weighted by Gasteiger charge is 2.48. The summed E-state index contributed by atoms with van der Waals surface area (Å²) in [6, 6.07) is 0. The van der Waals surface area contributed by atoms with Gasteiger partial charge in [0.25, 0.3) is 0 Å². The molecule has 104 valence electrons. The topological polar surface area (TPSA) is 29.5 Å². The highest BCUT2D eigenvalue weighted by Crippen LogP contribution is 2.52. The minimum absolute atomic E-state index is 0.186. The van der Waals surface area contributed by atoms with Crippen molar-refractivity contribution in [1.29, 1.82) is 0 Å². The van der Waals surface area contributed by atoms with Crippen LogP contribution >= 0.6 is 0 Å². The molecule has 18 heavy (non-hydrogen) atoms. The lowest BCUT2D eigenvalue weighted by atomic mass is 9.79. The molecule has 0 saturated heterocycles. The van der Waals surface area contributed by atoms with Crippen molar-refractivity contribution in [1.82, 2.24) is 0 Å². The number of halogens is 1. The molecule has 2 fully saturated rings. The minimum Gasteiger partial charge on any atom is -0.368 e. The maximum Gasteiger partial charge on any atom is 0.152 e. The Hall–Kier alpha value is -0.410. The van der Waals surface area contributed by atoms with Gasteiger partial charge in [0, 0.05) is 0 Å². The number of aliphatic hydroxyl groups excluding tert-OH is 1. The summed E-state index contributed by atoms with van der Waals surface area (Å²) in [6.07, 6.45) is 5.26. The monoisotopic (exact) mass is 256 g/mol. The summed E-state index contributed by atoms with van der Waals surface area (Å²) in [5.74, 6) is 1.55. The molecule has 0 amide bonds. The van der Waals surface area contributed by atoms with Gasteiger partial charge in [0.05, 0.1) is 6.10 Å². The maximum atomic E-state index is 14.3. The third kappa shape index (κ3) is 2.77. The van der Waals surface area contributed by atoms with E-state index in [4.69, 9.17) is 4.74 Å². The van der Waals surface area contributed by atoms with Crippen LogP contribution in [0.4, 0.5) is 4.39 Å². The normalized spacial score (nSPS) is 39.6. The quantitative estimate of drug-likeness (QED) is 0.582. The standard InChI is InChI=1S/C15H25FO2/c1-4-15(16,5-2)9-13-7-12-6-11(13)8-14(12)18-10(3)17/h4,10-14,17H,1,5-9H2,2-3H3. The highest BCUT2D eigenvalue weighted by atomic mass is 19.1. The molecule has 2 nitrogen and oxygen atoms in total. The van der Waals surface area contributed by atoms with E-state index in [2.05, 4.69) is 6.58 Å². The molecule has 2 bridgehead atoms. The third-order valence-electron chi connectivity index (χ3n) is 4.87. The smallest absolute Gasteiger partial charge is 0.152 e. The molecule has 1 N–H and O–H groups in total. The van der Waals surface area contributed by atoms with E-state index in [1.54, 1.807) is 6.92 Å². The van der Waals surface area contributed by atoms with Crippen molar-refractivity contribution in [2.75, 3.05) is 0 Å². The van der Waals surface area contributed by atoms with Gasteiger partial charge in [0.1, 0.15) is 5.67 Å². The van der Waals surface area contributed by atoms with E-state index in [-0.39, 0.29) is 6.10 Å². The fourth-order valence-electron chi connectivity index (χ4n) is 3.82. The summed E-state index contributed by atoms with van der Waals surface area (Å²) in [5.41, 5.74) is -1.20. The number of aliphatic hydroxyl groups is 1. The first-order valence-electron chi connectivity index (χ1n) is 7.13. The van der Waals surface area contributed by atoms with Crippen molar-refractivity contribution in [2.24, 2.45) is 17.8 Å². The number of alkyl halides is 1. The molecule has 6 unspecified atom stereocenters. The zero-order valence-electron chi connectivity index (χ0n) is 11.4. The largest absolute Gasteiger partial charge is 0.368 e. The fourth-order valence-corrected chi connectivity index (χ4v) is 3.82. The van der Waals surface area contributed by atoms with E-state index >= 15 is 0 Å². The Kier molecular flexibility index (Phi) is 4.12. The zero-order chi connectivity index (χ0) is 13.3. The fraction of sp³-hybridized carbons (Fsp3) is 0.867. The number of fused-ring (bicyclic) bond motifs is 2. The van der Waals surface area contributed by atoms with E-state index in [9.17, 15) is 9.50 Å². The summed E-state index contributed by atoms with van der Waals surface area (Å²) in [7, 11) is 0. The van der Waals surface area contributed by atoms with Gasteiger partial charge in [-0.05, 0) is 56.8 Å². The van der Waals surface area contributed by atoms with Crippen LogP contribution in [0, 0.1) is 17.8 Å². The summed E-state index contributed by atoms with van der Waals surface area (Å²) >= 11 is 0. The molecule has 0 aliphatic heterocycles. The van der Waals surface area contributed by atoms with Crippen molar-refractivity contribution >= 4 is 0 Å². The lowest BCUT2D eigenvalue weighted by Crippen LogP contribution is -2.31. The van der Waals surface area contributed by atoms with Gasteiger partial charge in [0.2, 0.25) is 0 Å². The Morgan fingerprint density at radius 1 is 1.44 bits per heavy atom. The molecule has 3 heteroatoms. The Labute approximate surface area is 109 Å². The molecule has 2 saturated carbocycles. The molecule has 0 heterocycles. The molecule has 0 radical (unpaired) electrons. The molecular formula is C15H25FO2. The van der Waals surface area contributed by atoms with Crippen LogP contribution in [-0.2, 0) is 4.74 Å². The van der Waals surface area contributed by atoms with Crippen molar-refractivity contribution in [3.05, 3.63) is 12.7 Å². The molecule has 2 aliphatic rings. The van der Waals surface area contributed by atoms with Crippen LogP contribution in [0.15, 0.2) is 12.7 Å². The number of rotatable bonds is 6. The number of hydrogen-bond acceptors (Lipinski definition) is 2. The Morgan fingerprint density at radius 3 is 2.61 bits per heavy atom. The van der Waals surface area contributed by atoms with Crippen molar-refractivity contribution in [3.63, 3.8) is 0 Å². The van der Waals surface area contributed by atoms with Gasteiger partial charge >= 0.3 is 0 Å². The predicted molar refractivity (Wildman–Crippen MR) is 69.8 cm³/mol. The van der Waals surface area contributed by atoms with Crippen LogP contribution in [0.1, 0.15) is 46.0 Å². The average molecular weight is 256 g/mol. The highest BCUT2D eigenvalue weighted by molar-refractivity contribution is 5.03. The molecule has 0 spiro atoms. The molecule has 2 aliphatic carbocycles. The lowest BCUT2D eigenvalue weighted by molar-refractivity contribution is -0.141. The third-order valence-corrected chi connectivity index (χ3v) is 4.87. The Balaban J connectivity index is 1.89. The first-order valence-corrected chi connectivity index (χ1v) is 7.13. The van der Waals surface area contributed by atoms with Crippen LogP contribution in [0.25, 0.3) is 0 Å². The SMILES string of the molecule is C=CC(F)(CC)CC1CC2CC1CC2OC(C)O. The second kappa shape index (κ2) is 5.30. The van der Waals surface area contributed by atoms with Crippen LogP contribution in [0.2, 0.25) is 0 Å². The Bertz CT molecular complexity index is 305. The van der Waals surface area contributed by atoms with Crippen molar-refractivity contribution < 1.29 is 14.2 Å². The van der Waals surface area contributed by atoms with Gasteiger partial charge in [0.15, 0.2) is 6.29 Å². The average Bonchev–Trinajstić information content (AvgIpc) is 2.87. The van der Waals surface area contributed by atoms with Gasteiger partial charge in [-0.1, -0.05) is 19.6 Å². The van der Waals surface area contributed by atoms with Crippen LogP contribution in [-0.4, -0.2) is 23.2 Å². The summed E-state index contributed by atoms with van der Waals surface area (Å²) in [5, 5.41) is 9.27. The molecule has 0 aromatic rings. The first-order chi connectivity index (χ1) is 8.47. The Morgan fingerprint density at radius 2 is 2.17 bits per heavy atom. The second-order valence-electron chi connectivity index (χ2n) is 6.06. The maximum absolute atomic E-state index is 14.3. The summed E-state index contributed by atoms with van der Waals surface area (Å²) in [6.45, 7) is 7.17. The van der Waals surface area contributed by atoms with E-state index in [1.807, 2.05) is 6.92 Å². The predicted octanol–water partition coefficient (Wildman–Crippen LogP) is 3.45. The lowest BCUT2D eigenvalue weighted by Gasteiger charge is -2.32. The summed E-state index contributed by atoms with van der Waals surface area (Å²) < 4.78 is 19.9. The van der Waals surface area contributed by atoms with Crippen molar-refractivity contribution in [2.45, 2.75) is 64.0 Å².